The van der Waals surface area contributed by atoms with Gasteiger partial charge < -0.3 is 5.32 Å². The number of fused-ring (bicyclic) bond motifs is 1. The Balaban J connectivity index is 1.54. The SMILES string of the molecule is CC(C)c1ccc(NC(=S)NNC(=O)/C=C/c2c(Cl)nc3ccccn23)cc1. The Hall–Kier alpha value is -2.90. The van der Waals surface area contributed by atoms with Gasteiger partial charge in [0.2, 0.25) is 0 Å². The summed E-state index contributed by atoms with van der Waals surface area (Å²) in [5, 5.41) is 3.62. The Labute approximate surface area is 173 Å². The molecule has 0 spiro atoms. The average Bonchev–Trinajstić information content (AvgIpc) is 3.00. The molecule has 0 aliphatic rings. The molecule has 3 rings (SSSR count). The van der Waals surface area contributed by atoms with E-state index in [0.29, 0.717) is 22.4 Å². The highest BCUT2D eigenvalue weighted by molar-refractivity contribution is 7.80. The molecule has 144 valence electrons. The molecule has 28 heavy (non-hydrogen) atoms. The maximum Gasteiger partial charge on any atom is 0.262 e. The monoisotopic (exact) mass is 413 g/mol. The van der Waals surface area contributed by atoms with E-state index < -0.39 is 0 Å². The van der Waals surface area contributed by atoms with Crippen molar-refractivity contribution in [3.63, 3.8) is 0 Å². The molecule has 3 N–H and O–H groups in total. The molecule has 1 aromatic carbocycles. The normalized spacial score (nSPS) is 11.1. The van der Waals surface area contributed by atoms with Gasteiger partial charge in [-0.2, -0.15) is 0 Å². The standard InChI is InChI=1S/C20H20ClN5OS/c1-13(2)14-6-8-15(9-7-14)22-20(28)25-24-18(27)11-10-16-19(21)23-17-5-3-4-12-26(16)17/h3-13H,1-2H3,(H,24,27)(H2,22,25,28)/b11-10+. The minimum Gasteiger partial charge on any atom is -0.331 e. The molecule has 0 atom stereocenters. The number of hydrazine groups is 1. The fraction of sp³-hybridized carbons (Fsp3) is 0.150. The van der Waals surface area contributed by atoms with Crippen molar-refractivity contribution >= 4 is 52.2 Å². The number of thiocarbonyl (C=S) groups is 1. The van der Waals surface area contributed by atoms with Gasteiger partial charge in [-0.15, -0.1) is 0 Å². The molecule has 6 nitrogen and oxygen atoms in total. The third-order valence-corrected chi connectivity index (χ3v) is 4.53. The van der Waals surface area contributed by atoms with E-state index in [-0.39, 0.29) is 11.0 Å². The zero-order chi connectivity index (χ0) is 20.1. The van der Waals surface area contributed by atoms with E-state index in [1.807, 2.05) is 48.7 Å². The van der Waals surface area contributed by atoms with Crippen molar-refractivity contribution in [3.05, 3.63) is 71.1 Å². The first-order valence-electron chi connectivity index (χ1n) is 8.71. The van der Waals surface area contributed by atoms with Crippen LogP contribution in [0.15, 0.2) is 54.7 Å². The van der Waals surface area contributed by atoms with Crippen LogP contribution in [0.25, 0.3) is 11.7 Å². The van der Waals surface area contributed by atoms with E-state index in [0.717, 1.165) is 5.69 Å². The maximum absolute atomic E-state index is 12.0. The molecule has 0 aliphatic heterocycles. The van der Waals surface area contributed by atoms with Gasteiger partial charge in [0.1, 0.15) is 5.65 Å². The van der Waals surface area contributed by atoms with Crippen LogP contribution in [0.4, 0.5) is 5.69 Å². The molecule has 0 saturated heterocycles. The van der Waals surface area contributed by atoms with E-state index in [1.165, 1.54) is 11.6 Å². The van der Waals surface area contributed by atoms with Gasteiger partial charge in [-0.1, -0.05) is 43.6 Å². The second kappa shape index (κ2) is 8.86. The molecule has 0 radical (unpaired) electrons. The van der Waals surface area contributed by atoms with E-state index in [2.05, 4.69) is 35.0 Å². The number of amides is 1. The van der Waals surface area contributed by atoms with Crippen molar-refractivity contribution < 1.29 is 4.79 Å². The van der Waals surface area contributed by atoms with Gasteiger partial charge in [-0.25, -0.2) is 4.98 Å². The first kappa shape index (κ1) is 19.9. The molecule has 2 heterocycles. The van der Waals surface area contributed by atoms with Crippen molar-refractivity contribution in [2.75, 3.05) is 5.32 Å². The third-order valence-electron chi connectivity index (χ3n) is 4.05. The van der Waals surface area contributed by atoms with Crippen molar-refractivity contribution in [2.24, 2.45) is 0 Å². The van der Waals surface area contributed by atoms with Gasteiger partial charge >= 0.3 is 0 Å². The van der Waals surface area contributed by atoms with E-state index >= 15 is 0 Å². The number of pyridine rings is 1. The van der Waals surface area contributed by atoms with Crippen molar-refractivity contribution in [1.29, 1.82) is 0 Å². The number of benzene rings is 1. The fourth-order valence-corrected chi connectivity index (χ4v) is 2.97. The van der Waals surface area contributed by atoms with Gasteiger partial charge in [0.15, 0.2) is 10.3 Å². The van der Waals surface area contributed by atoms with Crippen LogP contribution in [-0.4, -0.2) is 20.4 Å². The minimum atomic E-state index is -0.374. The Morgan fingerprint density at radius 2 is 1.93 bits per heavy atom. The van der Waals surface area contributed by atoms with Crippen LogP contribution in [0.3, 0.4) is 0 Å². The lowest BCUT2D eigenvalue weighted by molar-refractivity contribution is -0.116. The summed E-state index contributed by atoms with van der Waals surface area (Å²) in [5.74, 6) is 0.0906. The summed E-state index contributed by atoms with van der Waals surface area (Å²) in [6, 6.07) is 13.5. The first-order valence-corrected chi connectivity index (χ1v) is 9.50. The summed E-state index contributed by atoms with van der Waals surface area (Å²) in [5.41, 5.74) is 8.59. The molecule has 0 bridgehead atoms. The summed E-state index contributed by atoms with van der Waals surface area (Å²) < 4.78 is 1.80. The predicted octanol–water partition coefficient (Wildman–Crippen LogP) is 4.14. The van der Waals surface area contributed by atoms with E-state index in [4.69, 9.17) is 23.8 Å². The molecule has 0 unspecified atom stereocenters. The molecule has 0 saturated carbocycles. The van der Waals surface area contributed by atoms with Gasteiger partial charge in [-0.05, 0) is 54.0 Å². The van der Waals surface area contributed by atoms with E-state index in [1.54, 1.807) is 10.5 Å². The molecular weight excluding hydrogens is 394 g/mol. The number of halogens is 1. The maximum atomic E-state index is 12.0. The number of anilines is 1. The molecule has 1 amide bonds. The second-order valence-corrected chi connectivity index (χ2v) is 7.16. The Bertz CT molecular complexity index is 1030. The van der Waals surface area contributed by atoms with Crippen LogP contribution in [0.5, 0.6) is 0 Å². The summed E-state index contributed by atoms with van der Waals surface area (Å²) in [4.78, 5) is 16.3. The van der Waals surface area contributed by atoms with Crippen LogP contribution >= 0.6 is 23.8 Å². The molecule has 8 heteroatoms. The topological polar surface area (TPSA) is 70.5 Å². The number of carbonyl (C=O) groups is 1. The number of aromatic nitrogens is 2. The van der Waals surface area contributed by atoms with Crippen molar-refractivity contribution in [1.82, 2.24) is 20.2 Å². The number of nitrogens with one attached hydrogen (secondary N) is 3. The lowest BCUT2D eigenvalue weighted by Gasteiger charge is -2.11. The Morgan fingerprint density at radius 1 is 1.18 bits per heavy atom. The second-order valence-electron chi connectivity index (χ2n) is 6.40. The van der Waals surface area contributed by atoms with Gasteiger partial charge in [-0.3, -0.25) is 20.0 Å². The average molecular weight is 414 g/mol. The van der Waals surface area contributed by atoms with Crippen LogP contribution in [0.2, 0.25) is 5.15 Å². The van der Waals surface area contributed by atoms with Gasteiger partial charge in [0.25, 0.3) is 5.91 Å². The Kier molecular flexibility index (Phi) is 6.28. The lowest BCUT2D eigenvalue weighted by atomic mass is 10.0. The fourth-order valence-electron chi connectivity index (χ4n) is 2.56. The highest BCUT2D eigenvalue weighted by Crippen LogP contribution is 2.19. The number of hydrogen-bond donors (Lipinski definition) is 3. The quantitative estimate of drug-likeness (QED) is 0.340. The molecule has 2 aromatic heterocycles. The highest BCUT2D eigenvalue weighted by Gasteiger charge is 2.07. The summed E-state index contributed by atoms with van der Waals surface area (Å²) in [6.45, 7) is 4.27. The molecule has 0 fully saturated rings. The number of rotatable bonds is 4. The van der Waals surface area contributed by atoms with E-state index in [9.17, 15) is 4.79 Å². The molecule has 3 aromatic rings. The predicted molar refractivity (Wildman–Crippen MR) is 117 cm³/mol. The van der Waals surface area contributed by atoms with Crippen LogP contribution in [-0.2, 0) is 4.79 Å². The summed E-state index contributed by atoms with van der Waals surface area (Å²) in [7, 11) is 0. The first-order chi connectivity index (χ1) is 13.4. The number of carbonyl (C=O) groups excluding carboxylic acids is 1. The van der Waals surface area contributed by atoms with Gasteiger partial charge in [0, 0.05) is 18.0 Å². The summed E-state index contributed by atoms with van der Waals surface area (Å²) >= 11 is 11.3. The van der Waals surface area contributed by atoms with Crippen LogP contribution in [0, 0.1) is 0 Å². The Morgan fingerprint density at radius 3 is 2.64 bits per heavy atom. The lowest BCUT2D eigenvalue weighted by Crippen LogP contribution is -2.43. The minimum absolute atomic E-state index is 0.284. The zero-order valence-corrected chi connectivity index (χ0v) is 17.0. The highest BCUT2D eigenvalue weighted by atomic mass is 35.5. The zero-order valence-electron chi connectivity index (χ0n) is 15.4. The van der Waals surface area contributed by atoms with Crippen LogP contribution < -0.4 is 16.2 Å². The molecule has 0 aliphatic carbocycles. The number of hydrogen-bond acceptors (Lipinski definition) is 3. The third kappa shape index (κ3) is 4.88. The van der Waals surface area contributed by atoms with Crippen molar-refractivity contribution in [3.8, 4) is 0 Å². The van der Waals surface area contributed by atoms with Gasteiger partial charge in [0.05, 0.1) is 5.69 Å². The van der Waals surface area contributed by atoms with Crippen molar-refractivity contribution in [2.45, 2.75) is 19.8 Å². The smallest absolute Gasteiger partial charge is 0.262 e. The molecular formula is C20H20ClN5OS. The summed E-state index contributed by atoms with van der Waals surface area (Å²) in [6.07, 6.45) is 4.78. The number of imidazole rings is 1. The number of nitrogens with zero attached hydrogens (tertiary/aromatic N) is 2. The largest absolute Gasteiger partial charge is 0.331 e. The van der Waals surface area contributed by atoms with Crippen LogP contribution in [0.1, 0.15) is 31.0 Å².